The maximum absolute atomic E-state index is 13.6. The van der Waals surface area contributed by atoms with Gasteiger partial charge in [0.05, 0.1) is 23.4 Å². The number of ether oxygens (including phenoxy) is 1. The number of pyridine rings is 1. The smallest absolute Gasteiger partial charge is 0.183 e. The van der Waals surface area contributed by atoms with Crippen molar-refractivity contribution in [2.24, 2.45) is 0 Å². The Bertz CT molecular complexity index is 581. The monoisotopic (exact) mass is 305 g/mol. The third kappa shape index (κ3) is 2.39. The topological polar surface area (TPSA) is 22.1 Å². The number of rotatable bonds is 2. The third-order valence-electron chi connectivity index (χ3n) is 2.33. The second-order valence-corrected chi connectivity index (χ2v) is 4.70. The zero-order valence-electron chi connectivity index (χ0n) is 9.18. The van der Waals surface area contributed by atoms with Gasteiger partial charge in [-0.15, -0.1) is 0 Å². The first kappa shape index (κ1) is 13.4. The van der Waals surface area contributed by atoms with Crippen molar-refractivity contribution in [3.63, 3.8) is 0 Å². The van der Waals surface area contributed by atoms with Crippen LogP contribution >= 0.6 is 34.8 Å². The molecule has 0 aliphatic rings. The van der Waals surface area contributed by atoms with Crippen molar-refractivity contribution >= 4 is 34.8 Å². The van der Waals surface area contributed by atoms with E-state index in [1.54, 1.807) is 0 Å². The van der Waals surface area contributed by atoms with Crippen LogP contribution in [0.1, 0.15) is 0 Å². The first-order valence-electron chi connectivity index (χ1n) is 4.87. The molecule has 0 fully saturated rings. The van der Waals surface area contributed by atoms with Crippen LogP contribution in [0.15, 0.2) is 24.5 Å². The molecule has 0 aliphatic heterocycles. The van der Waals surface area contributed by atoms with Crippen molar-refractivity contribution in [1.29, 1.82) is 0 Å². The molecular weight excluding hydrogens is 299 g/mol. The summed E-state index contributed by atoms with van der Waals surface area (Å²) >= 11 is 18.0. The van der Waals surface area contributed by atoms with Crippen LogP contribution in [0, 0.1) is 5.82 Å². The van der Waals surface area contributed by atoms with Gasteiger partial charge in [0.15, 0.2) is 11.6 Å². The summed E-state index contributed by atoms with van der Waals surface area (Å²) in [7, 11) is 1.36. The van der Waals surface area contributed by atoms with Crippen molar-refractivity contribution in [3.8, 4) is 16.9 Å². The summed E-state index contributed by atoms with van der Waals surface area (Å²) in [5.41, 5.74) is 0.816. The number of benzene rings is 1. The van der Waals surface area contributed by atoms with Crippen molar-refractivity contribution in [1.82, 2.24) is 4.98 Å². The molecule has 0 unspecified atom stereocenters. The minimum Gasteiger partial charge on any atom is -0.493 e. The summed E-state index contributed by atoms with van der Waals surface area (Å²) in [5.74, 6) is -0.548. The van der Waals surface area contributed by atoms with Crippen molar-refractivity contribution < 1.29 is 9.13 Å². The minimum absolute atomic E-state index is 0.0381. The molecule has 94 valence electrons. The molecule has 0 aliphatic carbocycles. The normalized spacial score (nSPS) is 10.5. The molecule has 18 heavy (non-hydrogen) atoms. The Morgan fingerprint density at radius 1 is 1.11 bits per heavy atom. The number of halogens is 4. The van der Waals surface area contributed by atoms with E-state index in [1.807, 2.05) is 0 Å². The van der Waals surface area contributed by atoms with Gasteiger partial charge in [0.1, 0.15) is 0 Å². The quantitative estimate of drug-likeness (QED) is 0.790. The molecule has 0 amide bonds. The lowest BCUT2D eigenvalue weighted by Crippen LogP contribution is -1.94. The predicted octanol–water partition coefficient (Wildman–Crippen LogP) is 4.86. The molecular formula is C12H7Cl3FNO. The third-order valence-corrected chi connectivity index (χ3v) is 3.15. The van der Waals surface area contributed by atoms with Gasteiger partial charge >= 0.3 is 0 Å². The number of aromatic nitrogens is 1. The van der Waals surface area contributed by atoms with Gasteiger partial charge in [-0.05, 0) is 12.1 Å². The lowest BCUT2D eigenvalue weighted by molar-refractivity contribution is 0.387. The van der Waals surface area contributed by atoms with Gasteiger partial charge in [-0.25, -0.2) is 4.39 Å². The SMILES string of the molecule is COc1c(F)cncc1-c1c(Cl)cc(Cl)cc1Cl. The van der Waals surface area contributed by atoms with Crippen molar-refractivity contribution in [3.05, 3.63) is 45.4 Å². The van der Waals surface area contributed by atoms with Crippen LogP contribution in [-0.2, 0) is 0 Å². The Labute approximate surface area is 118 Å². The molecule has 1 aromatic heterocycles. The fourth-order valence-electron chi connectivity index (χ4n) is 1.61. The highest BCUT2D eigenvalue weighted by Crippen LogP contribution is 2.41. The molecule has 1 aromatic carbocycles. The number of hydrogen-bond donors (Lipinski definition) is 0. The first-order valence-corrected chi connectivity index (χ1v) is 6.00. The van der Waals surface area contributed by atoms with E-state index in [2.05, 4.69) is 4.98 Å². The summed E-state index contributed by atoms with van der Waals surface area (Å²) in [6.45, 7) is 0. The van der Waals surface area contributed by atoms with Gasteiger partial charge in [-0.2, -0.15) is 0 Å². The summed E-state index contributed by atoms with van der Waals surface area (Å²) in [6, 6.07) is 3.04. The zero-order chi connectivity index (χ0) is 13.3. The van der Waals surface area contributed by atoms with Crippen LogP contribution in [0.5, 0.6) is 5.75 Å². The van der Waals surface area contributed by atoms with Gasteiger partial charge in [-0.3, -0.25) is 4.98 Å². The molecule has 0 atom stereocenters. The van der Waals surface area contributed by atoms with Crippen LogP contribution in [-0.4, -0.2) is 12.1 Å². The molecule has 2 rings (SSSR count). The lowest BCUT2D eigenvalue weighted by atomic mass is 10.1. The number of methoxy groups -OCH3 is 1. The predicted molar refractivity (Wildman–Crippen MR) is 71.2 cm³/mol. The average molecular weight is 307 g/mol. The molecule has 2 nitrogen and oxygen atoms in total. The summed E-state index contributed by atoms with van der Waals surface area (Å²) in [6.07, 6.45) is 2.49. The average Bonchev–Trinajstić information content (AvgIpc) is 2.27. The van der Waals surface area contributed by atoms with E-state index in [9.17, 15) is 4.39 Å². The molecule has 0 spiro atoms. The van der Waals surface area contributed by atoms with E-state index in [-0.39, 0.29) is 5.75 Å². The van der Waals surface area contributed by atoms with Crippen LogP contribution in [0.25, 0.3) is 11.1 Å². The van der Waals surface area contributed by atoms with E-state index < -0.39 is 5.82 Å². The van der Waals surface area contributed by atoms with E-state index in [4.69, 9.17) is 39.5 Å². The lowest BCUT2D eigenvalue weighted by Gasteiger charge is -2.12. The van der Waals surface area contributed by atoms with Gasteiger partial charge in [0.2, 0.25) is 0 Å². The van der Waals surface area contributed by atoms with Crippen molar-refractivity contribution in [2.75, 3.05) is 7.11 Å². The zero-order valence-corrected chi connectivity index (χ0v) is 11.4. The fraction of sp³-hybridized carbons (Fsp3) is 0.0833. The summed E-state index contributed by atoms with van der Waals surface area (Å²) < 4.78 is 18.6. The Balaban J connectivity index is 2.73. The van der Waals surface area contributed by atoms with Crippen LogP contribution < -0.4 is 4.74 Å². The molecule has 2 aromatic rings. The van der Waals surface area contributed by atoms with Gasteiger partial charge < -0.3 is 4.74 Å². The van der Waals surface area contributed by atoms with Gasteiger partial charge in [0, 0.05) is 22.3 Å². The molecule has 0 saturated heterocycles. The standard InChI is InChI=1S/C12H7Cl3FNO/c1-18-12-7(4-17-5-10(12)16)11-8(14)2-6(13)3-9(11)15/h2-5H,1H3. The Morgan fingerprint density at radius 2 is 1.72 bits per heavy atom. The number of hydrogen-bond acceptors (Lipinski definition) is 2. The van der Waals surface area contributed by atoms with Crippen LogP contribution in [0.4, 0.5) is 4.39 Å². The highest BCUT2D eigenvalue weighted by atomic mass is 35.5. The molecule has 6 heteroatoms. The minimum atomic E-state index is -0.586. The summed E-state index contributed by atoms with van der Waals surface area (Å²) in [5, 5.41) is 1.01. The molecule has 0 bridgehead atoms. The van der Waals surface area contributed by atoms with Gasteiger partial charge in [-0.1, -0.05) is 34.8 Å². The van der Waals surface area contributed by atoms with E-state index in [0.717, 1.165) is 6.20 Å². The maximum atomic E-state index is 13.6. The Morgan fingerprint density at radius 3 is 2.28 bits per heavy atom. The highest BCUT2D eigenvalue weighted by Gasteiger charge is 2.17. The number of nitrogens with zero attached hydrogens (tertiary/aromatic N) is 1. The first-order chi connectivity index (χ1) is 8.54. The summed E-state index contributed by atoms with van der Waals surface area (Å²) in [4.78, 5) is 3.77. The van der Waals surface area contributed by atoms with Crippen molar-refractivity contribution in [2.45, 2.75) is 0 Å². The maximum Gasteiger partial charge on any atom is 0.183 e. The van der Waals surface area contributed by atoms with E-state index in [1.165, 1.54) is 25.4 Å². The molecule has 0 saturated carbocycles. The largest absolute Gasteiger partial charge is 0.493 e. The second-order valence-electron chi connectivity index (χ2n) is 3.45. The van der Waals surface area contributed by atoms with Crippen LogP contribution in [0.3, 0.4) is 0 Å². The highest BCUT2D eigenvalue weighted by molar-refractivity contribution is 6.41. The molecule has 0 N–H and O–H groups in total. The van der Waals surface area contributed by atoms with Gasteiger partial charge in [0.25, 0.3) is 0 Å². The molecule has 1 heterocycles. The van der Waals surface area contributed by atoms with Crippen LogP contribution in [0.2, 0.25) is 15.1 Å². The second kappa shape index (κ2) is 5.31. The fourth-order valence-corrected chi connectivity index (χ4v) is 2.63. The Hall–Kier alpha value is -1.03. The molecule has 0 radical (unpaired) electrons. The Kier molecular flexibility index (Phi) is 3.95. The van der Waals surface area contributed by atoms with E-state index >= 15 is 0 Å². The van der Waals surface area contributed by atoms with E-state index in [0.29, 0.717) is 26.2 Å².